The predicted molar refractivity (Wildman–Crippen MR) is 105 cm³/mol. The van der Waals surface area contributed by atoms with Gasteiger partial charge in [-0.15, -0.1) is 10.2 Å². The number of carbonyl (C=O) groups is 1. The van der Waals surface area contributed by atoms with Gasteiger partial charge in [-0.1, -0.05) is 59.8 Å². The molecule has 0 spiro atoms. The third kappa shape index (κ3) is 4.26. The largest absolute Gasteiger partial charge is 0.351 e. The van der Waals surface area contributed by atoms with Gasteiger partial charge >= 0.3 is 0 Å². The Morgan fingerprint density at radius 2 is 1.88 bits per heavy atom. The van der Waals surface area contributed by atoms with E-state index in [1.165, 1.54) is 11.8 Å². The summed E-state index contributed by atoms with van der Waals surface area (Å²) in [6, 6.07) is 15.5. The van der Waals surface area contributed by atoms with Crippen LogP contribution in [0.2, 0.25) is 5.02 Å². The van der Waals surface area contributed by atoms with Crippen LogP contribution in [0.1, 0.15) is 11.1 Å². The number of hydrogen-bond acceptors (Lipinski definition) is 4. The molecule has 2 aromatic carbocycles. The van der Waals surface area contributed by atoms with Crippen molar-refractivity contribution in [2.75, 3.05) is 5.75 Å². The molecule has 0 saturated carbocycles. The third-order valence-electron chi connectivity index (χ3n) is 4.02. The molecule has 0 unspecified atom stereocenters. The zero-order valence-corrected chi connectivity index (χ0v) is 16.1. The second kappa shape index (κ2) is 8.38. The molecule has 1 amide bonds. The number of amides is 1. The highest BCUT2D eigenvalue weighted by Gasteiger charge is 2.14. The molecule has 0 bridgehead atoms. The topological polar surface area (TPSA) is 59.8 Å². The summed E-state index contributed by atoms with van der Waals surface area (Å²) in [7, 11) is 1.87. The minimum Gasteiger partial charge on any atom is -0.351 e. The number of halogens is 1. The van der Waals surface area contributed by atoms with Crippen molar-refractivity contribution in [2.45, 2.75) is 18.6 Å². The first-order valence-electron chi connectivity index (χ1n) is 8.14. The Kier molecular flexibility index (Phi) is 5.96. The van der Waals surface area contributed by atoms with E-state index in [1.54, 1.807) is 0 Å². The van der Waals surface area contributed by atoms with Crippen LogP contribution in [0.4, 0.5) is 0 Å². The standard InChI is InChI=1S/C19H19ClN4OS/c1-13-7-3-4-8-14(13)11-21-17(25)12-26-19-23-22-18(24(19)2)15-9-5-6-10-16(15)20/h3-10H,11-12H2,1-2H3,(H,21,25). The van der Waals surface area contributed by atoms with Gasteiger partial charge in [0.1, 0.15) is 0 Å². The van der Waals surface area contributed by atoms with E-state index in [4.69, 9.17) is 11.6 Å². The molecule has 0 saturated heterocycles. The lowest BCUT2D eigenvalue weighted by atomic mass is 10.1. The Hall–Kier alpha value is -2.31. The molecule has 1 aromatic heterocycles. The summed E-state index contributed by atoms with van der Waals surface area (Å²) < 4.78 is 1.85. The van der Waals surface area contributed by atoms with Crippen molar-refractivity contribution in [1.82, 2.24) is 20.1 Å². The first-order valence-corrected chi connectivity index (χ1v) is 9.51. The maximum atomic E-state index is 12.1. The van der Waals surface area contributed by atoms with Crippen molar-refractivity contribution in [3.8, 4) is 11.4 Å². The number of rotatable bonds is 6. The lowest BCUT2D eigenvalue weighted by Gasteiger charge is -2.08. The van der Waals surface area contributed by atoms with E-state index in [0.717, 1.165) is 16.7 Å². The second-order valence-corrected chi connectivity index (χ2v) is 7.19. The fourth-order valence-corrected chi connectivity index (χ4v) is 3.46. The van der Waals surface area contributed by atoms with Crippen molar-refractivity contribution >= 4 is 29.3 Å². The predicted octanol–water partition coefficient (Wildman–Crippen LogP) is 3.85. The third-order valence-corrected chi connectivity index (χ3v) is 5.37. The van der Waals surface area contributed by atoms with Crippen LogP contribution in [0, 0.1) is 6.92 Å². The SMILES string of the molecule is Cc1ccccc1CNC(=O)CSc1nnc(-c2ccccc2Cl)n1C. The van der Waals surface area contributed by atoms with E-state index in [9.17, 15) is 4.79 Å². The number of nitrogens with one attached hydrogen (secondary N) is 1. The van der Waals surface area contributed by atoms with Gasteiger partial charge in [0, 0.05) is 19.2 Å². The Morgan fingerprint density at radius 1 is 1.15 bits per heavy atom. The fourth-order valence-electron chi connectivity index (χ4n) is 2.50. The lowest BCUT2D eigenvalue weighted by Crippen LogP contribution is -2.25. The van der Waals surface area contributed by atoms with E-state index in [0.29, 0.717) is 22.5 Å². The molecule has 5 nitrogen and oxygen atoms in total. The Labute approximate surface area is 161 Å². The molecule has 0 radical (unpaired) electrons. The van der Waals surface area contributed by atoms with Gasteiger partial charge < -0.3 is 9.88 Å². The van der Waals surface area contributed by atoms with Crippen LogP contribution in [0.5, 0.6) is 0 Å². The quantitative estimate of drug-likeness (QED) is 0.653. The summed E-state index contributed by atoms with van der Waals surface area (Å²) >= 11 is 7.58. The van der Waals surface area contributed by atoms with E-state index in [-0.39, 0.29) is 11.7 Å². The highest BCUT2D eigenvalue weighted by Crippen LogP contribution is 2.28. The number of nitrogens with zero attached hydrogens (tertiary/aromatic N) is 3. The summed E-state index contributed by atoms with van der Waals surface area (Å²) in [6.07, 6.45) is 0. The van der Waals surface area contributed by atoms with Gasteiger partial charge in [-0.2, -0.15) is 0 Å². The van der Waals surface area contributed by atoms with Crippen LogP contribution in [-0.4, -0.2) is 26.4 Å². The molecule has 3 rings (SSSR count). The van der Waals surface area contributed by atoms with Gasteiger partial charge in [0.25, 0.3) is 0 Å². The van der Waals surface area contributed by atoms with Gasteiger partial charge in [-0.05, 0) is 30.2 Å². The minimum atomic E-state index is -0.0412. The van der Waals surface area contributed by atoms with Crippen LogP contribution >= 0.6 is 23.4 Å². The van der Waals surface area contributed by atoms with E-state index >= 15 is 0 Å². The van der Waals surface area contributed by atoms with Gasteiger partial charge in [0.05, 0.1) is 10.8 Å². The first-order chi connectivity index (χ1) is 12.6. The molecule has 0 aliphatic rings. The Morgan fingerprint density at radius 3 is 2.65 bits per heavy atom. The van der Waals surface area contributed by atoms with Crippen molar-refractivity contribution in [3.05, 3.63) is 64.7 Å². The molecule has 134 valence electrons. The summed E-state index contributed by atoms with van der Waals surface area (Å²) in [5.74, 6) is 0.916. The van der Waals surface area contributed by atoms with Gasteiger partial charge in [0.15, 0.2) is 11.0 Å². The number of thioether (sulfide) groups is 1. The number of hydrogen-bond donors (Lipinski definition) is 1. The van der Waals surface area contributed by atoms with Gasteiger partial charge in [-0.3, -0.25) is 4.79 Å². The zero-order chi connectivity index (χ0) is 18.5. The number of aryl methyl sites for hydroxylation is 1. The van der Waals surface area contributed by atoms with Crippen molar-refractivity contribution in [2.24, 2.45) is 7.05 Å². The molecular formula is C19H19ClN4OS. The normalized spacial score (nSPS) is 10.7. The van der Waals surface area contributed by atoms with Crippen LogP contribution in [0.25, 0.3) is 11.4 Å². The zero-order valence-electron chi connectivity index (χ0n) is 14.6. The van der Waals surface area contributed by atoms with E-state index in [2.05, 4.69) is 15.5 Å². The molecular weight excluding hydrogens is 368 g/mol. The summed E-state index contributed by atoms with van der Waals surface area (Å²) in [5.41, 5.74) is 3.10. The summed E-state index contributed by atoms with van der Waals surface area (Å²) in [5, 5.41) is 12.6. The maximum Gasteiger partial charge on any atom is 0.230 e. The summed E-state index contributed by atoms with van der Waals surface area (Å²) in [4.78, 5) is 12.1. The molecule has 0 fully saturated rings. The van der Waals surface area contributed by atoms with E-state index < -0.39 is 0 Å². The maximum absolute atomic E-state index is 12.1. The highest BCUT2D eigenvalue weighted by molar-refractivity contribution is 7.99. The number of carbonyl (C=O) groups excluding carboxylic acids is 1. The number of aromatic nitrogens is 3. The van der Waals surface area contributed by atoms with Crippen LogP contribution in [-0.2, 0) is 18.4 Å². The molecule has 3 aromatic rings. The van der Waals surface area contributed by atoms with Crippen LogP contribution < -0.4 is 5.32 Å². The molecule has 0 atom stereocenters. The molecule has 0 aliphatic carbocycles. The fraction of sp³-hybridized carbons (Fsp3) is 0.211. The first kappa shape index (κ1) is 18.5. The van der Waals surface area contributed by atoms with Crippen LogP contribution in [0.3, 0.4) is 0 Å². The van der Waals surface area contributed by atoms with Gasteiger partial charge in [0.2, 0.25) is 5.91 Å². The molecule has 7 heteroatoms. The number of benzene rings is 2. The van der Waals surface area contributed by atoms with Crippen LogP contribution in [0.15, 0.2) is 53.7 Å². The average molecular weight is 387 g/mol. The summed E-state index contributed by atoms with van der Waals surface area (Å²) in [6.45, 7) is 2.56. The van der Waals surface area contributed by atoms with E-state index in [1.807, 2.05) is 67.1 Å². The minimum absolute atomic E-state index is 0.0412. The van der Waals surface area contributed by atoms with Crippen molar-refractivity contribution in [1.29, 1.82) is 0 Å². The van der Waals surface area contributed by atoms with Crippen molar-refractivity contribution in [3.63, 3.8) is 0 Å². The highest BCUT2D eigenvalue weighted by atomic mass is 35.5. The molecule has 0 aliphatic heterocycles. The molecule has 26 heavy (non-hydrogen) atoms. The smallest absolute Gasteiger partial charge is 0.230 e. The van der Waals surface area contributed by atoms with Crippen molar-refractivity contribution < 1.29 is 4.79 Å². The Balaban J connectivity index is 1.59. The molecule has 1 heterocycles. The monoisotopic (exact) mass is 386 g/mol. The lowest BCUT2D eigenvalue weighted by molar-refractivity contribution is -0.118. The average Bonchev–Trinajstić information content (AvgIpc) is 3.00. The Bertz CT molecular complexity index is 925. The molecule has 1 N–H and O–H groups in total. The van der Waals surface area contributed by atoms with Gasteiger partial charge in [-0.25, -0.2) is 0 Å². The second-order valence-electron chi connectivity index (χ2n) is 5.84.